The van der Waals surface area contributed by atoms with Crippen LogP contribution in [0.2, 0.25) is 0 Å². The summed E-state index contributed by atoms with van der Waals surface area (Å²) < 4.78 is 7.08. The number of amides is 1. The Hall–Kier alpha value is -3.15. The molecule has 4 rings (SSSR count). The molecule has 1 fully saturated rings. The Kier molecular flexibility index (Phi) is 3.93. The predicted octanol–water partition coefficient (Wildman–Crippen LogP) is 2.86. The largest absolute Gasteiger partial charge is 0.497 e. The molecular weight excluding hydrogens is 316 g/mol. The normalized spacial score (nSPS) is 16.4. The lowest BCUT2D eigenvalue weighted by molar-refractivity contribution is 0.0460. The number of benzene rings is 2. The summed E-state index contributed by atoms with van der Waals surface area (Å²) in [5.41, 5.74) is 2.64. The summed E-state index contributed by atoms with van der Waals surface area (Å²) in [6, 6.07) is 15.5. The van der Waals surface area contributed by atoms with Gasteiger partial charge in [0.25, 0.3) is 5.91 Å². The van der Waals surface area contributed by atoms with Crippen molar-refractivity contribution in [1.29, 1.82) is 0 Å². The van der Waals surface area contributed by atoms with Gasteiger partial charge in [0.05, 0.1) is 13.2 Å². The van der Waals surface area contributed by atoms with Gasteiger partial charge in [-0.15, -0.1) is 10.2 Å². The number of carbonyl (C=O) groups excluding carboxylic acids is 1. The summed E-state index contributed by atoms with van der Waals surface area (Å²) in [7, 11) is 1.65. The van der Waals surface area contributed by atoms with E-state index in [1.54, 1.807) is 24.3 Å². The van der Waals surface area contributed by atoms with Crippen molar-refractivity contribution in [3.05, 3.63) is 72.3 Å². The number of methoxy groups -OCH3 is 1. The van der Waals surface area contributed by atoms with Crippen LogP contribution in [0.25, 0.3) is 5.69 Å². The van der Waals surface area contributed by atoms with E-state index in [2.05, 4.69) is 10.2 Å². The summed E-state index contributed by atoms with van der Waals surface area (Å²) in [5.74, 6) is 0.848. The molecule has 1 aromatic heterocycles. The molecule has 6 nitrogen and oxygen atoms in total. The van der Waals surface area contributed by atoms with Gasteiger partial charge in [-0.2, -0.15) is 0 Å². The smallest absolute Gasteiger partial charge is 0.254 e. The summed E-state index contributed by atoms with van der Waals surface area (Å²) in [5, 5.41) is 7.62. The zero-order chi connectivity index (χ0) is 17.2. The number of hydrogen-bond acceptors (Lipinski definition) is 4. The Bertz CT molecular complexity index is 892. The van der Waals surface area contributed by atoms with Gasteiger partial charge >= 0.3 is 0 Å². The highest BCUT2D eigenvalue weighted by molar-refractivity contribution is 5.95. The van der Waals surface area contributed by atoms with Crippen LogP contribution in [-0.4, -0.2) is 39.2 Å². The molecule has 0 radical (unpaired) electrons. The maximum absolute atomic E-state index is 12.9. The molecule has 1 amide bonds. The van der Waals surface area contributed by atoms with E-state index in [0.29, 0.717) is 5.56 Å². The second-order valence-electron chi connectivity index (χ2n) is 6.00. The van der Waals surface area contributed by atoms with E-state index in [1.807, 2.05) is 53.4 Å². The summed E-state index contributed by atoms with van der Waals surface area (Å²) >= 11 is 0. The molecule has 0 N–H and O–H groups in total. The van der Waals surface area contributed by atoms with Crippen LogP contribution < -0.4 is 4.74 Å². The van der Waals surface area contributed by atoms with Gasteiger partial charge in [-0.1, -0.05) is 18.2 Å². The Morgan fingerprint density at radius 2 is 1.92 bits per heavy atom. The number of nitrogens with zero attached hydrogens (tertiary/aromatic N) is 4. The number of ether oxygens (including phenoxy) is 1. The first kappa shape index (κ1) is 15.4. The van der Waals surface area contributed by atoms with Crippen LogP contribution in [0, 0.1) is 0 Å². The molecule has 2 aromatic carbocycles. The van der Waals surface area contributed by atoms with E-state index in [0.717, 1.165) is 30.0 Å². The van der Waals surface area contributed by atoms with Crippen molar-refractivity contribution >= 4 is 5.91 Å². The monoisotopic (exact) mass is 334 g/mol. The lowest BCUT2D eigenvalue weighted by Crippen LogP contribution is -2.45. The second kappa shape index (κ2) is 6.39. The minimum absolute atomic E-state index is 0.0361. The van der Waals surface area contributed by atoms with Crippen molar-refractivity contribution in [1.82, 2.24) is 19.7 Å². The maximum atomic E-state index is 12.9. The van der Waals surface area contributed by atoms with Crippen molar-refractivity contribution in [3.63, 3.8) is 0 Å². The number of likely N-dealkylation sites (tertiary alicyclic amines) is 1. The molecule has 1 aliphatic rings. The standard InChI is InChI=1S/C19H18N4O2/c1-25-17-7-3-4-14(11-17)18-8-9-23(18)19(24)15-5-2-6-16(10-15)22-12-20-21-13-22/h2-7,10-13,18H,8-9H2,1H3/t18-/m0/s1. The topological polar surface area (TPSA) is 60.2 Å². The minimum atomic E-state index is 0.0361. The maximum Gasteiger partial charge on any atom is 0.254 e. The number of rotatable bonds is 4. The van der Waals surface area contributed by atoms with Crippen molar-refractivity contribution in [2.24, 2.45) is 0 Å². The first-order valence-corrected chi connectivity index (χ1v) is 8.16. The second-order valence-corrected chi connectivity index (χ2v) is 6.00. The summed E-state index contributed by atoms with van der Waals surface area (Å²) in [4.78, 5) is 14.8. The van der Waals surface area contributed by atoms with Crippen molar-refractivity contribution in [2.45, 2.75) is 12.5 Å². The van der Waals surface area contributed by atoms with Crippen LogP contribution in [0.4, 0.5) is 0 Å². The molecule has 0 saturated carbocycles. The van der Waals surface area contributed by atoms with Gasteiger partial charge in [0.1, 0.15) is 18.4 Å². The third-order valence-electron chi connectivity index (χ3n) is 4.57. The summed E-state index contributed by atoms with van der Waals surface area (Å²) in [6.07, 6.45) is 4.20. The van der Waals surface area contributed by atoms with Gasteiger partial charge in [0.15, 0.2) is 0 Å². The van der Waals surface area contributed by atoms with E-state index >= 15 is 0 Å². The van der Waals surface area contributed by atoms with Gasteiger partial charge in [0.2, 0.25) is 0 Å². The molecule has 0 unspecified atom stereocenters. The van der Waals surface area contributed by atoms with Crippen molar-refractivity contribution < 1.29 is 9.53 Å². The van der Waals surface area contributed by atoms with E-state index < -0.39 is 0 Å². The van der Waals surface area contributed by atoms with Crippen LogP contribution >= 0.6 is 0 Å². The molecule has 1 saturated heterocycles. The molecule has 0 spiro atoms. The Balaban J connectivity index is 1.58. The Morgan fingerprint density at radius 3 is 2.64 bits per heavy atom. The number of carbonyl (C=O) groups is 1. The first-order chi connectivity index (χ1) is 12.3. The molecule has 25 heavy (non-hydrogen) atoms. The van der Waals surface area contributed by atoms with E-state index in [9.17, 15) is 4.79 Å². The fourth-order valence-electron chi connectivity index (χ4n) is 3.13. The molecule has 126 valence electrons. The zero-order valence-corrected chi connectivity index (χ0v) is 13.9. The van der Waals surface area contributed by atoms with Crippen LogP contribution in [0.3, 0.4) is 0 Å². The zero-order valence-electron chi connectivity index (χ0n) is 13.9. The van der Waals surface area contributed by atoms with Crippen LogP contribution in [0.5, 0.6) is 5.75 Å². The third kappa shape index (κ3) is 2.87. The van der Waals surface area contributed by atoms with Gasteiger partial charge < -0.3 is 9.64 Å². The van der Waals surface area contributed by atoms with Gasteiger partial charge in [0, 0.05) is 17.8 Å². The third-order valence-corrected chi connectivity index (χ3v) is 4.57. The number of aromatic nitrogens is 3. The van der Waals surface area contributed by atoms with E-state index in [1.165, 1.54) is 0 Å². The lowest BCUT2D eigenvalue weighted by Gasteiger charge is -2.41. The minimum Gasteiger partial charge on any atom is -0.497 e. The fourth-order valence-corrected chi connectivity index (χ4v) is 3.13. The SMILES string of the molecule is COc1cccc([C@@H]2CCN2C(=O)c2cccc(-n3cnnc3)c2)c1. The highest BCUT2D eigenvalue weighted by Crippen LogP contribution is 2.35. The van der Waals surface area contributed by atoms with Crippen LogP contribution in [0.15, 0.2) is 61.2 Å². The van der Waals surface area contributed by atoms with Gasteiger partial charge in [-0.25, -0.2) is 0 Å². The molecule has 6 heteroatoms. The Labute approximate surface area is 145 Å². The fraction of sp³-hybridized carbons (Fsp3) is 0.211. The molecular formula is C19H18N4O2. The van der Waals surface area contributed by atoms with E-state index in [4.69, 9.17) is 4.74 Å². The van der Waals surface area contributed by atoms with Crippen LogP contribution in [0.1, 0.15) is 28.4 Å². The molecule has 0 aliphatic carbocycles. The summed E-state index contributed by atoms with van der Waals surface area (Å²) in [6.45, 7) is 0.761. The predicted molar refractivity (Wildman–Crippen MR) is 92.7 cm³/mol. The molecule has 0 bridgehead atoms. The highest BCUT2D eigenvalue weighted by Gasteiger charge is 2.34. The Morgan fingerprint density at radius 1 is 1.12 bits per heavy atom. The van der Waals surface area contributed by atoms with Crippen molar-refractivity contribution in [2.75, 3.05) is 13.7 Å². The highest BCUT2D eigenvalue weighted by atomic mass is 16.5. The van der Waals surface area contributed by atoms with Gasteiger partial charge in [-0.3, -0.25) is 9.36 Å². The average Bonchev–Trinajstić information content (AvgIpc) is 3.16. The molecule has 1 atom stereocenters. The first-order valence-electron chi connectivity index (χ1n) is 8.16. The molecule has 1 aliphatic heterocycles. The van der Waals surface area contributed by atoms with Crippen LogP contribution in [-0.2, 0) is 0 Å². The molecule has 3 aromatic rings. The molecule has 2 heterocycles. The van der Waals surface area contributed by atoms with Crippen molar-refractivity contribution in [3.8, 4) is 11.4 Å². The van der Waals surface area contributed by atoms with E-state index in [-0.39, 0.29) is 11.9 Å². The average molecular weight is 334 g/mol. The van der Waals surface area contributed by atoms with Gasteiger partial charge in [-0.05, 0) is 42.3 Å². The lowest BCUT2D eigenvalue weighted by atomic mass is 9.93. The quantitative estimate of drug-likeness (QED) is 0.736. The number of hydrogen-bond donors (Lipinski definition) is 0.